The topological polar surface area (TPSA) is 67.1 Å². The van der Waals surface area contributed by atoms with Crippen molar-refractivity contribution in [2.75, 3.05) is 17.6 Å². The molecule has 1 unspecified atom stereocenters. The minimum absolute atomic E-state index is 0.104. The van der Waals surface area contributed by atoms with E-state index in [1.807, 2.05) is 25.1 Å². The van der Waals surface area contributed by atoms with Crippen LogP contribution >= 0.6 is 0 Å². The summed E-state index contributed by atoms with van der Waals surface area (Å²) in [5.74, 6) is 0.104. The average molecular weight is 205 g/mol. The standard InChI is InChI=1S/C11H15N3O/c1-7-2-3-8(4-10(7)12)14-9-5-11(15)13-6-9/h2-4,9,14H,5-6,12H2,1H3,(H,13,15). The fraction of sp³-hybridized carbons (Fsp3) is 0.364. The molecule has 0 radical (unpaired) electrons. The van der Waals surface area contributed by atoms with Gasteiger partial charge in [-0.1, -0.05) is 6.07 Å². The molecule has 4 N–H and O–H groups in total. The Labute approximate surface area is 88.9 Å². The molecule has 0 bridgehead atoms. The fourth-order valence-electron chi connectivity index (χ4n) is 1.67. The summed E-state index contributed by atoms with van der Waals surface area (Å²) in [6, 6.07) is 6.04. The van der Waals surface area contributed by atoms with Gasteiger partial charge in [-0.25, -0.2) is 0 Å². The molecular weight excluding hydrogens is 190 g/mol. The third-order valence-corrected chi connectivity index (χ3v) is 2.63. The van der Waals surface area contributed by atoms with Crippen molar-refractivity contribution < 1.29 is 4.79 Å². The fourth-order valence-corrected chi connectivity index (χ4v) is 1.67. The van der Waals surface area contributed by atoms with Crippen molar-refractivity contribution in [1.29, 1.82) is 0 Å². The molecule has 2 rings (SSSR count). The first kappa shape index (κ1) is 9.83. The van der Waals surface area contributed by atoms with E-state index < -0.39 is 0 Å². The number of carbonyl (C=O) groups excluding carboxylic acids is 1. The van der Waals surface area contributed by atoms with Crippen molar-refractivity contribution in [3.63, 3.8) is 0 Å². The van der Waals surface area contributed by atoms with Gasteiger partial charge in [-0.3, -0.25) is 4.79 Å². The number of aryl methyl sites for hydroxylation is 1. The van der Waals surface area contributed by atoms with E-state index in [1.165, 1.54) is 0 Å². The van der Waals surface area contributed by atoms with Crippen LogP contribution in [0.3, 0.4) is 0 Å². The lowest BCUT2D eigenvalue weighted by Gasteiger charge is -2.13. The van der Waals surface area contributed by atoms with E-state index in [1.54, 1.807) is 0 Å². The molecule has 1 saturated heterocycles. The second kappa shape index (κ2) is 3.81. The lowest BCUT2D eigenvalue weighted by Crippen LogP contribution is -2.22. The number of benzene rings is 1. The Morgan fingerprint density at radius 1 is 1.53 bits per heavy atom. The summed E-state index contributed by atoms with van der Waals surface area (Å²) >= 11 is 0. The van der Waals surface area contributed by atoms with Gasteiger partial charge in [0, 0.05) is 24.3 Å². The van der Waals surface area contributed by atoms with Crippen LogP contribution in [0.4, 0.5) is 11.4 Å². The van der Waals surface area contributed by atoms with E-state index >= 15 is 0 Å². The zero-order chi connectivity index (χ0) is 10.8. The van der Waals surface area contributed by atoms with E-state index in [9.17, 15) is 4.79 Å². The first-order valence-electron chi connectivity index (χ1n) is 5.04. The summed E-state index contributed by atoms with van der Waals surface area (Å²) in [4.78, 5) is 11.0. The summed E-state index contributed by atoms with van der Waals surface area (Å²) < 4.78 is 0. The summed E-state index contributed by atoms with van der Waals surface area (Å²) in [6.07, 6.45) is 0.535. The van der Waals surface area contributed by atoms with Crippen molar-refractivity contribution in [3.8, 4) is 0 Å². The Morgan fingerprint density at radius 2 is 2.33 bits per heavy atom. The minimum Gasteiger partial charge on any atom is -0.398 e. The molecule has 1 amide bonds. The van der Waals surface area contributed by atoms with E-state index in [4.69, 9.17) is 5.73 Å². The zero-order valence-electron chi connectivity index (χ0n) is 8.71. The maximum atomic E-state index is 11.0. The summed E-state index contributed by atoms with van der Waals surface area (Å²) in [5, 5.41) is 6.06. The molecule has 1 atom stereocenters. The normalized spacial score (nSPS) is 20.1. The highest BCUT2D eigenvalue weighted by atomic mass is 16.1. The molecule has 1 aliphatic rings. The van der Waals surface area contributed by atoms with Crippen LogP contribution in [-0.2, 0) is 4.79 Å². The summed E-state index contributed by atoms with van der Waals surface area (Å²) in [7, 11) is 0. The van der Waals surface area contributed by atoms with Gasteiger partial charge >= 0.3 is 0 Å². The van der Waals surface area contributed by atoms with E-state index in [-0.39, 0.29) is 11.9 Å². The number of hydrogen-bond donors (Lipinski definition) is 3. The predicted molar refractivity (Wildman–Crippen MR) is 60.6 cm³/mol. The van der Waals surface area contributed by atoms with Crippen LogP contribution in [0.15, 0.2) is 18.2 Å². The van der Waals surface area contributed by atoms with Crippen molar-refractivity contribution in [1.82, 2.24) is 5.32 Å². The van der Waals surface area contributed by atoms with Crippen LogP contribution in [0, 0.1) is 6.92 Å². The largest absolute Gasteiger partial charge is 0.398 e. The van der Waals surface area contributed by atoms with Crippen LogP contribution in [0.25, 0.3) is 0 Å². The molecular formula is C11H15N3O. The van der Waals surface area contributed by atoms with Gasteiger partial charge in [0.05, 0.1) is 6.04 Å². The summed E-state index contributed by atoms with van der Waals surface area (Å²) in [5.41, 5.74) is 8.62. The van der Waals surface area contributed by atoms with Crippen LogP contribution in [0.5, 0.6) is 0 Å². The Balaban J connectivity index is 2.05. The molecule has 1 fully saturated rings. The molecule has 80 valence electrons. The lowest BCUT2D eigenvalue weighted by atomic mass is 10.1. The maximum absolute atomic E-state index is 11.0. The van der Waals surface area contributed by atoms with Crippen LogP contribution in [-0.4, -0.2) is 18.5 Å². The van der Waals surface area contributed by atoms with E-state index in [0.717, 1.165) is 16.9 Å². The number of nitrogens with one attached hydrogen (secondary N) is 2. The molecule has 0 aliphatic carbocycles. The third-order valence-electron chi connectivity index (χ3n) is 2.63. The quantitative estimate of drug-likeness (QED) is 0.628. The highest BCUT2D eigenvalue weighted by Crippen LogP contribution is 2.18. The molecule has 0 saturated carbocycles. The van der Waals surface area contributed by atoms with Crippen LogP contribution < -0.4 is 16.4 Å². The lowest BCUT2D eigenvalue weighted by molar-refractivity contribution is -0.119. The van der Waals surface area contributed by atoms with Gasteiger partial charge in [0.15, 0.2) is 0 Å². The monoisotopic (exact) mass is 205 g/mol. The van der Waals surface area contributed by atoms with E-state index in [2.05, 4.69) is 10.6 Å². The second-order valence-corrected chi connectivity index (χ2v) is 3.92. The SMILES string of the molecule is Cc1ccc(NC2CNC(=O)C2)cc1N. The Morgan fingerprint density at radius 3 is 2.93 bits per heavy atom. The van der Waals surface area contributed by atoms with Gasteiger partial charge in [0.1, 0.15) is 0 Å². The number of amides is 1. The molecule has 0 aromatic heterocycles. The number of rotatable bonds is 2. The summed E-state index contributed by atoms with van der Waals surface area (Å²) in [6.45, 7) is 2.66. The van der Waals surface area contributed by atoms with Gasteiger partial charge < -0.3 is 16.4 Å². The molecule has 15 heavy (non-hydrogen) atoms. The van der Waals surface area contributed by atoms with Gasteiger partial charge in [-0.2, -0.15) is 0 Å². The van der Waals surface area contributed by atoms with Gasteiger partial charge in [0.2, 0.25) is 5.91 Å². The smallest absolute Gasteiger partial charge is 0.222 e. The first-order valence-corrected chi connectivity index (χ1v) is 5.04. The van der Waals surface area contributed by atoms with E-state index in [0.29, 0.717) is 13.0 Å². The molecule has 1 aromatic rings. The number of nitrogens with two attached hydrogens (primary N) is 1. The van der Waals surface area contributed by atoms with Crippen molar-refractivity contribution in [2.24, 2.45) is 0 Å². The molecule has 4 nitrogen and oxygen atoms in total. The minimum atomic E-state index is 0.104. The Bertz CT molecular complexity index is 389. The molecule has 1 aromatic carbocycles. The highest BCUT2D eigenvalue weighted by molar-refractivity contribution is 5.79. The first-order chi connectivity index (χ1) is 7.15. The zero-order valence-corrected chi connectivity index (χ0v) is 8.71. The van der Waals surface area contributed by atoms with Gasteiger partial charge in [0.25, 0.3) is 0 Å². The average Bonchev–Trinajstić information content (AvgIpc) is 2.58. The molecule has 0 spiro atoms. The Hall–Kier alpha value is -1.71. The molecule has 4 heteroatoms. The third kappa shape index (κ3) is 2.21. The van der Waals surface area contributed by atoms with Gasteiger partial charge in [-0.05, 0) is 24.6 Å². The number of hydrogen-bond acceptors (Lipinski definition) is 3. The number of nitrogen functional groups attached to an aromatic ring is 1. The predicted octanol–water partition coefficient (Wildman–Crippen LogP) is 0.878. The molecule has 1 heterocycles. The maximum Gasteiger partial charge on any atom is 0.222 e. The Kier molecular flexibility index (Phi) is 2.49. The van der Waals surface area contributed by atoms with Crippen molar-refractivity contribution >= 4 is 17.3 Å². The number of carbonyl (C=O) groups is 1. The highest BCUT2D eigenvalue weighted by Gasteiger charge is 2.20. The number of anilines is 2. The van der Waals surface area contributed by atoms with Gasteiger partial charge in [-0.15, -0.1) is 0 Å². The van der Waals surface area contributed by atoms with Crippen molar-refractivity contribution in [2.45, 2.75) is 19.4 Å². The van der Waals surface area contributed by atoms with Crippen LogP contribution in [0.1, 0.15) is 12.0 Å². The van der Waals surface area contributed by atoms with Crippen molar-refractivity contribution in [3.05, 3.63) is 23.8 Å². The second-order valence-electron chi connectivity index (χ2n) is 3.92. The molecule has 1 aliphatic heterocycles. The van der Waals surface area contributed by atoms with Crippen LogP contribution in [0.2, 0.25) is 0 Å².